The van der Waals surface area contributed by atoms with Crippen LogP contribution in [0.2, 0.25) is 0 Å². The zero-order chi connectivity index (χ0) is 24.4. The van der Waals surface area contributed by atoms with Gasteiger partial charge in [-0.3, -0.25) is 9.69 Å². The van der Waals surface area contributed by atoms with Crippen molar-refractivity contribution in [2.24, 2.45) is 4.99 Å². The number of amidine groups is 1. The number of hydrogen-bond acceptors (Lipinski definition) is 6. The highest BCUT2D eigenvalue weighted by Gasteiger charge is 2.42. The number of thioether (sulfide) groups is 2. The van der Waals surface area contributed by atoms with Gasteiger partial charge in [0.15, 0.2) is 5.17 Å². The summed E-state index contributed by atoms with van der Waals surface area (Å²) in [5, 5.41) is 1.87. The van der Waals surface area contributed by atoms with E-state index < -0.39 is 0 Å². The van der Waals surface area contributed by atoms with E-state index in [4.69, 9.17) is 4.99 Å². The largest absolute Gasteiger partial charge is 0.372 e. The molecule has 2 fully saturated rings. The fraction of sp³-hybridized carbons (Fsp3) is 0.429. The summed E-state index contributed by atoms with van der Waals surface area (Å²) in [5.74, 6) is 0.120. The monoisotopic (exact) mass is 506 g/mol. The van der Waals surface area contributed by atoms with Crippen LogP contribution in [-0.2, 0) is 4.79 Å². The molecule has 184 valence electrons. The first-order valence-electron chi connectivity index (χ1n) is 12.9. The molecule has 0 N–H and O–H groups in total. The smallest absolute Gasteiger partial charge is 0.269 e. The van der Waals surface area contributed by atoms with Crippen molar-refractivity contribution in [1.29, 1.82) is 0 Å². The van der Waals surface area contributed by atoms with Gasteiger partial charge in [-0.15, -0.1) is 0 Å². The maximum atomic E-state index is 13.9. The minimum atomic E-state index is 0.120. The van der Waals surface area contributed by atoms with E-state index in [0.717, 1.165) is 53.3 Å². The van der Waals surface area contributed by atoms with Crippen LogP contribution in [0.3, 0.4) is 0 Å². The van der Waals surface area contributed by atoms with Crippen LogP contribution < -0.4 is 9.80 Å². The van der Waals surface area contributed by atoms with Gasteiger partial charge in [-0.1, -0.05) is 43.2 Å². The lowest BCUT2D eigenvalue weighted by Crippen LogP contribution is -2.40. The quantitative estimate of drug-likeness (QED) is 0.387. The lowest BCUT2D eigenvalue weighted by molar-refractivity contribution is -0.124. The first kappa shape index (κ1) is 24.3. The number of para-hydroxylation sites is 1. The number of aliphatic imine (C=N–C) groups is 1. The van der Waals surface area contributed by atoms with E-state index in [1.807, 2.05) is 4.90 Å². The molecule has 1 saturated heterocycles. The number of nitrogens with zero attached hydrogens (tertiary/aromatic N) is 4. The molecule has 5 nitrogen and oxygen atoms in total. The summed E-state index contributed by atoms with van der Waals surface area (Å²) in [6, 6.07) is 17.1. The molecule has 2 heterocycles. The van der Waals surface area contributed by atoms with Crippen LogP contribution in [0.25, 0.3) is 0 Å². The SMILES string of the molecule is CCN(CC)c1ccc(N=C2S/C(=C3\Sc4ccccc4N3CC)C(=O)N2C2CCCCC2)cc1. The Bertz CT molecular complexity index is 1130. The molecule has 0 unspecified atom stereocenters. The van der Waals surface area contributed by atoms with Gasteiger partial charge in [0.1, 0.15) is 9.93 Å². The van der Waals surface area contributed by atoms with Crippen LogP contribution in [0.4, 0.5) is 17.1 Å². The Morgan fingerprint density at radius 3 is 2.34 bits per heavy atom. The molecule has 1 aliphatic carbocycles. The molecule has 2 aliphatic heterocycles. The molecule has 2 aromatic carbocycles. The van der Waals surface area contributed by atoms with E-state index in [9.17, 15) is 4.79 Å². The lowest BCUT2D eigenvalue weighted by Gasteiger charge is -2.30. The minimum absolute atomic E-state index is 0.120. The molecule has 35 heavy (non-hydrogen) atoms. The van der Waals surface area contributed by atoms with Gasteiger partial charge in [-0.25, -0.2) is 4.99 Å². The number of fused-ring (bicyclic) bond motifs is 1. The molecule has 0 bridgehead atoms. The molecular formula is C28H34N4OS2. The molecule has 1 amide bonds. The fourth-order valence-corrected chi connectivity index (χ4v) is 7.66. The molecular weight excluding hydrogens is 472 g/mol. The highest BCUT2D eigenvalue weighted by atomic mass is 32.2. The summed E-state index contributed by atoms with van der Waals surface area (Å²) in [7, 11) is 0. The zero-order valence-corrected chi connectivity index (χ0v) is 22.5. The van der Waals surface area contributed by atoms with Crippen LogP contribution in [0.1, 0.15) is 52.9 Å². The van der Waals surface area contributed by atoms with Crippen molar-refractivity contribution >= 4 is 51.7 Å². The van der Waals surface area contributed by atoms with Crippen LogP contribution >= 0.6 is 23.5 Å². The number of hydrogen-bond donors (Lipinski definition) is 0. The Hall–Kier alpha value is -2.38. The minimum Gasteiger partial charge on any atom is -0.372 e. The Balaban J connectivity index is 1.51. The summed E-state index contributed by atoms with van der Waals surface area (Å²) < 4.78 is 0. The Labute approximate surface area is 217 Å². The predicted molar refractivity (Wildman–Crippen MR) is 151 cm³/mol. The normalized spacial score (nSPS) is 21.8. The number of benzene rings is 2. The average Bonchev–Trinajstić information content (AvgIpc) is 3.43. The van der Waals surface area contributed by atoms with E-state index in [2.05, 4.69) is 79.1 Å². The van der Waals surface area contributed by atoms with Gasteiger partial charge in [-0.2, -0.15) is 0 Å². The third-order valence-electron chi connectivity index (χ3n) is 7.07. The molecule has 2 aromatic rings. The standard InChI is InChI=1S/C28H34N4OS2/c1-4-30(5-2)21-18-16-20(17-19-21)29-28-32(22-12-8-7-9-13-22)26(33)25(35-28)27-31(6-3)23-14-10-11-15-24(23)34-27/h10-11,14-19,22H,4-9,12-13H2,1-3H3/b27-25-,29-28?. The van der Waals surface area contributed by atoms with Crippen LogP contribution in [-0.4, -0.2) is 41.7 Å². The van der Waals surface area contributed by atoms with Crippen molar-refractivity contribution in [3.05, 3.63) is 58.5 Å². The summed E-state index contributed by atoms with van der Waals surface area (Å²) in [5.41, 5.74) is 3.30. The summed E-state index contributed by atoms with van der Waals surface area (Å²) in [6.07, 6.45) is 5.73. The second kappa shape index (κ2) is 10.7. The van der Waals surface area contributed by atoms with Gasteiger partial charge in [0.25, 0.3) is 5.91 Å². The highest BCUT2D eigenvalue weighted by Crippen LogP contribution is 2.51. The number of carbonyl (C=O) groups excluding carboxylic acids is 1. The van der Waals surface area contributed by atoms with E-state index in [-0.39, 0.29) is 11.9 Å². The van der Waals surface area contributed by atoms with Crippen molar-refractivity contribution in [2.75, 3.05) is 29.4 Å². The number of amides is 1. The van der Waals surface area contributed by atoms with Crippen LogP contribution in [0.15, 0.2) is 68.4 Å². The molecule has 0 aromatic heterocycles. The maximum Gasteiger partial charge on any atom is 0.269 e. The number of carbonyl (C=O) groups is 1. The second-order valence-electron chi connectivity index (χ2n) is 9.10. The lowest BCUT2D eigenvalue weighted by atomic mass is 9.94. The van der Waals surface area contributed by atoms with E-state index in [1.54, 1.807) is 23.5 Å². The van der Waals surface area contributed by atoms with Crippen LogP contribution in [0.5, 0.6) is 0 Å². The maximum absolute atomic E-state index is 13.9. The Morgan fingerprint density at radius 2 is 1.66 bits per heavy atom. The molecule has 1 saturated carbocycles. The Morgan fingerprint density at radius 1 is 0.943 bits per heavy atom. The van der Waals surface area contributed by atoms with Gasteiger partial charge in [0.2, 0.25) is 0 Å². The molecule has 0 spiro atoms. The summed E-state index contributed by atoms with van der Waals surface area (Å²) in [4.78, 5) is 27.6. The van der Waals surface area contributed by atoms with Gasteiger partial charge in [0.05, 0.1) is 11.4 Å². The summed E-state index contributed by atoms with van der Waals surface area (Å²) in [6.45, 7) is 9.30. The number of rotatable bonds is 6. The zero-order valence-electron chi connectivity index (χ0n) is 20.9. The summed E-state index contributed by atoms with van der Waals surface area (Å²) >= 11 is 3.27. The van der Waals surface area contributed by atoms with Gasteiger partial charge >= 0.3 is 0 Å². The molecule has 3 aliphatic rings. The highest BCUT2D eigenvalue weighted by molar-refractivity contribution is 8.19. The topological polar surface area (TPSA) is 39.1 Å². The van der Waals surface area contributed by atoms with Crippen molar-refractivity contribution in [3.63, 3.8) is 0 Å². The van der Waals surface area contributed by atoms with Gasteiger partial charge < -0.3 is 9.80 Å². The molecule has 0 atom stereocenters. The van der Waals surface area contributed by atoms with Crippen molar-refractivity contribution in [1.82, 2.24) is 4.90 Å². The first-order chi connectivity index (χ1) is 17.1. The van der Waals surface area contributed by atoms with Gasteiger partial charge in [-0.05, 0) is 81.8 Å². The van der Waals surface area contributed by atoms with Crippen molar-refractivity contribution < 1.29 is 4.79 Å². The molecule has 7 heteroatoms. The second-order valence-corrected chi connectivity index (χ2v) is 11.1. The van der Waals surface area contributed by atoms with E-state index in [0.29, 0.717) is 0 Å². The predicted octanol–water partition coefficient (Wildman–Crippen LogP) is 7.23. The Kier molecular flexibility index (Phi) is 7.44. The van der Waals surface area contributed by atoms with Crippen molar-refractivity contribution in [2.45, 2.75) is 63.8 Å². The molecule has 5 rings (SSSR count). The fourth-order valence-electron chi connectivity index (χ4n) is 5.21. The van der Waals surface area contributed by atoms with Crippen LogP contribution in [0, 0.1) is 0 Å². The average molecular weight is 507 g/mol. The number of anilines is 2. The van der Waals surface area contributed by atoms with E-state index >= 15 is 0 Å². The third kappa shape index (κ3) is 4.73. The van der Waals surface area contributed by atoms with E-state index in [1.165, 1.54) is 35.5 Å². The van der Waals surface area contributed by atoms with Gasteiger partial charge in [0, 0.05) is 36.3 Å². The molecule has 0 radical (unpaired) electrons. The van der Waals surface area contributed by atoms with Crippen molar-refractivity contribution in [3.8, 4) is 0 Å². The first-order valence-corrected chi connectivity index (χ1v) is 14.5. The third-order valence-corrected chi connectivity index (χ3v) is 9.43.